The van der Waals surface area contributed by atoms with Crippen LogP contribution in [0.15, 0.2) is 36.4 Å². The normalized spacial score (nSPS) is 12.8. The smallest absolute Gasteiger partial charge is 0.349 e. The summed E-state index contributed by atoms with van der Waals surface area (Å²) < 4.78 is 4.72. The van der Waals surface area contributed by atoms with Gasteiger partial charge in [-0.3, -0.25) is 0 Å². The third-order valence-electron chi connectivity index (χ3n) is 3.31. The molecule has 136 valence electrons. The van der Waals surface area contributed by atoms with Gasteiger partial charge in [0.05, 0.1) is 11.9 Å². The Morgan fingerprint density at radius 2 is 1.76 bits per heavy atom. The molecule has 1 rings (SSSR count). The molecule has 1 atom stereocenters. The summed E-state index contributed by atoms with van der Waals surface area (Å²) in [6.45, 7) is 3.71. The molecule has 0 bridgehead atoms. The maximum Gasteiger partial charge on any atom is 0.349 e. The number of carbonyl (C=O) groups is 3. The van der Waals surface area contributed by atoms with Crippen LogP contribution in [-0.4, -0.2) is 51.2 Å². The second-order valence-corrected chi connectivity index (χ2v) is 6.29. The lowest BCUT2D eigenvalue weighted by molar-refractivity contribution is -0.176. The van der Waals surface area contributed by atoms with Crippen LogP contribution in [0, 0.1) is 6.92 Å². The SMILES string of the molecule is CCOC(=O)/C=C/CSC(c1ccc(C)cc1)C(O)(C(=O)O)C(=O)O. The molecule has 1 unspecified atom stereocenters. The average molecular weight is 368 g/mol. The Hall–Kier alpha value is -2.32. The fourth-order valence-corrected chi connectivity index (χ4v) is 3.19. The highest BCUT2D eigenvalue weighted by Gasteiger charge is 2.52. The summed E-state index contributed by atoms with van der Waals surface area (Å²) in [4.78, 5) is 34.1. The van der Waals surface area contributed by atoms with Crippen molar-refractivity contribution in [2.75, 3.05) is 12.4 Å². The van der Waals surface area contributed by atoms with E-state index in [1.54, 1.807) is 31.2 Å². The summed E-state index contributed by atoms with van der Waals surface area (Å²) in [6, 6.07) is 6.53. The Bertz CT molecular complexity index is 637. The molecular weight excluding hydrogens is 348 g/mol. The molecule has 3 N–H and O–H groups in total. The van der Waals surface area contributed by atoms with E-state index >= 15 is 0 Å². The third-order valence-corrected chi connectivity index (χ3v) is 4.64. The van der Waals surface area contributed by atoms with E-state index in [9.17, 15) is 29.7 Å². The van der Waals surface area contributed by atoms with Crippen LogP contribution in [0.2, 0.25) is 0 Å². The van der Waals surface area contributed by atoms with Gasteiger partial charge in [-0.05, 0) is 19.4 Å². The number of hydrogen-bond acceptors (Lipinski definition) is 6. The first-order valence-corrected chi connectivity index (χ1v) is 8.49. The second kappa shape index (κ2) is 9.24. The van der Waals surface area contributed by atoms with E-state index in [1.807, 2.05) is 6.92 Å². The molecule has 1 aromatic rings. The van der Waals surface area contributed by atoms with E-state index in [4.69, 9.17) is 4.74 Å². The molecule has 0 saturated carbocycles. The summed E-state index contributed by atoms with van der Waals surface area (Å²) in [5.74, 6) is -4.15. The van der Waals surface area contributed by atoms with Crippen LogP contribution in [0.1, 0.15) is 23.3 Å². The van der Waals surface area contributed by atoms with Gasteiger partial charge in [0.1, 0.15) is 0 Å². The van der Waals surface area contributed by atoms with Gasteiger partial charge in [-0.25, -0.2) is 14.4 Å². The first-order chi connectivity index (χ1) is 11.7. The quantitative estimate of drug-likeness (QED) is 0.343. The van der Waals surface area contributed by atoms with Gasteiger partial charge in [0.15, 0.2) is 0 Å². The molecule has 25 heavy (non-hydrogen) atoms. The molecule has 0 aromatic heterocycles. The maximum absolute atomic E-state index is 11.4. The van der Waals surface area contributed by atoms with Gasteiger partial charge in [0.25, 0.3) is 5.60 Å². The topological polar surface area (TPSA) is 121 Å². The number of carboxylic acid groups (broad SMARTS) is 2. The van der Waals surface area contributed by atoms with Crippen molar-refractivity contribution in [1.29, 1.82) is 0 Å². The van der Waals surface area contributed by atoms with Crippen molar-refractivity contribution in [1.82, 2.24) is 0 Å². The van der Waals surface area contributed by atoms with Crippen molar-refractivity contribution in [3.05, 3.63) is 47.5 Å². The predicted octanol–water partition coefficient (Wildman–Crippen LogP) is 1.79. The molecular formula is C17H20O7S. The highest BCUT2D eigenvalue weighted by Crippen LogP contribution is 2.39. The zero-order chi connectivity index (χ0) is 19.0. The summed E-state index contributed by atoms with van der Waals surface area (Å²) in [5.41, 5.74) is -1.74. The molecule has 1 aromatic carbocycles. The lowest BCUT2D eigenvalue weighted by Crippen LogP contribution is -2.50. The number of rotatable bonds is 9. The predicted molar refractivity (Wildman–Crippen MR) is 92.4 cm³/mol. The highest BCUT2D eigenvalue weighted by molar-refractivity contribution is 7.99. The number of carbonyl (C=O) groups excluding carboxylic acids is 1. The molecule has 0 radical (unpaired) electrons. The van der Waals surface area contributed by atoms with Gasteiger partial charge >= 0.3 is 17.9 Å². The van der Waals surface area contributed by atoms with E-state index in [-0.39, 0.29) is 12.4 Å². The van der Waals surface area contributed by atoms with Crippen LogP contribution in [-0.2, 0) is 19.1 Å². The van der Waals surface area contributed by atoms with Crippen LogP contribution >= 0.6 is 11.8 Å². The summed E-state index contributed by atoms with van der Waals surface area (Å²) in [6.07, 6.45) is 2.59. The van der Waals surface area contributed by atoms with Crippen molar-refractivity contribution < 1.29 is 34.4 Å². The Kier molecular flexibility index (Phi) is 7.66. The lowest BCUT2D eigenvalue weighted by Gasteiger charge is -2.28. The van der Waals surface area contributed by atoms with Crippen LogP contribution in [0.25, 0.3) is 0 Å². The van der Waals surface area contributed by atoms with Crippen LogP contribution in [0.3, 0.4) is 0 Å². The molecule has 0 heterocycles. The molecule has 0 amide bonds. The van der Waals surface area contributed by atoms with Gasteiger partial charge in [0.2, 0.25) is 0 Å². The third kappa shape index (κ3) is 5.33. The zero-order valence-electron chi connectivity index (χ0n) is 13.8. The van der Waals surface area contributed by atoms with Crippen LogP contribution in [0.5, 0.6) is 0 Å². The number of ether oxygens (including phenoxy) is 1. The zero-order valence-corrected chi connectivity index (χ0v) is 14.7. The van der Waals surface area contributed by atoms with E-state index < -0.39 is 28.8 Å². The van der Waals surface area contributed by atoms with Crippen molar-refractivity contribution in [3.63, 3.8) is 0 Å². The summed E-state index contributed by atoms with van der Waals surface area (Å²) in [5, 5.41) is 27.6. The minimum Gasteiger partial charge on any atom is -0.479 e. The number of aliphatic carboxylic acids is 2. The number of carboxylic acids is 2. The van der Waals surface area contributed by atoms with Crippen LogP contribution in [0.4, 0.5) is 0 Å². The van der Waals surface area contributed by atoms with Gasteiger partial charge in [-0.15, -0.1) is 11.8 Å². The lowest BCUT2D eigenvalue weighted by atomic mass is 9.93. The van der Waals surface area contributed by atoms with Crippen molar-refractivity contribution >= 4 is 29.7 Å². The number of aryl methyl sites for hydroxylation is 1. The van der Waals surface area contributed by atoms with Gasteiger partial charge in [0, 0.05) is 11.8 Å². The first kappa shape index (κ1) is 20.7. The fraction of sp³-hybridized carbons (Fsp3) is 0.353. The number of hydrogen-bond donors (Lipinski definition) is 3. The van der Waals surface area contributed by atoms with E-state index in [2.05, 4.69) is 0 Å². The number of thioether (sulfide) groups is 1. The maximum atomic E-state index is 11.4. The number of aliphatic hydroxyl groups is 1. The number of benzene rings is 1. The first-order valence-electron chi connectivity index (χ1n) is 7.44. The van der Waals surface area contributed by atoms with Gasteiger partial charge in [-0.1, -0.05) is 35.9 Å². The minimum atomic E-state index is -3.00. The standard InChI is InChI=1S/C17H20O7S/c1-3-24-13(18)5-4-10-25-14(12-8-6-11(2)7-9-12)17(23,15(19)20)16(21)22/h4-9,14,23H,3,10H2,1-2H3,(H,19,20)(H,21,22)/b5-4+. The van der Waals surface area contributed by atoms with Crippen molar-refractivity contribution in [3.8, 4) is 0 Å². The number of esters is 1. The van der Waals surface area contributed by atoms with Crippen molar-refractivity contribution in [2.45, 2.75) is 24.7 Å². The van der Waals surface area contributed by atoms with Crippen molar-refractivity contribution in [2.24, 2.45) is 0 Å². The summed E-state index contributed by atoms with van der Waals surface area (Å²) in [7, 11) is 0. The van der Waals surface area contributed by atoms with E-state index in [0.29, 0.717) is 5.56 Å². The molecule has 7 nitrogen and oxygen atoms in total. The minimum absolute atomic E-state index is 0.111. The second-order valence-electron chi connectivity index (χ2n) is 5.16. The fourth-order valence-electron chi connectivity index (χ4n) is 2.00. The highest BCUT2D eigenvalue weighted by atomic mass is 32.2. The van der Waals surface area contributed by atoms with E-state index in [0.717, 1.165) is 17.3 Å². The van der Waals surface area contributed by atoms with Gasteiger partial charge in [-0.2, -0.15) is 0 Å². The molecule has 0 aliphatic carbocycles. The van der Waals surface area contributed by atoms with E-state index in [1.165, 1.54) is 12.2 Å². The molecule has 0 fully saturated rings. The molecule has 8 heteroatoms. The average Bonchev–Trinajstić information content (AvgIpc) is 2.55. The van der Waals surface area contributed by atoms with Crippen LogP contribution < -0.4 is 0 Å². The monoisotopic (exact) mass is 368 g/mol. The molecule has 0 spiro atoms. The Morgan fingerprint density at radius 3 is 2.24 bits per heavy atom. The molecule has 0 aliphatic rings. The Labute approximate surface area is 149 Å². The largest absolute Gasteiger partial charge is 0.479 e. The Balaban J connectivity index is 3.08. The summed E-state index contributed by atoms with van der Waals surface area (Å²) >= 11 is 0.898. The molecule has 0 aliphatic heterocycles. The Morgan fingerprint density at radius 1 is 1.20 bits per heavy atom. The van der Waals surface area contributed by atoms with Gasteiger partial charge < -0.3 is 20.1 Å². The molecule has 0 saturated heterocycles.